The normalized spacial score (nSPS) is 12.1. The van der Waals surface area contributed by atoms with Gasteiger partial charge in [-0.1, -0.05) is 68.2 Å². The lowest BCUT2D eigenvalue weighted by Crippen LogP contribution is -2.52. The molecule has 3 aromatic rings. The van der Waals surface area contributed by atoms with Crippen molar-refractivity contribution in [3.8, 4) is 5.75 Å². The van der Waals surface area contributed by atoms with Crippen molar-refractivity contribution in [3.05, 3.63) is 88.4 Å². The molecule has 3 aromatic carbocycles. The van der Waals surface area contributed by atoms with Crippen LogP contribution in [0.4, 0.5) is 5.69 Å². The zero-order valence-corrected chi connectivity index (χ0v) is 25.8. The minimum atomic E-state index is -4.23. The lowest BCUT2D eigenvalue weighted by Gasteiger charge is -2.33. The molecule has 0 aliphatic rings. The van der Waals surface area contributed by atoms with E-state index in [1.54, 1.807) is 49.4 Å². The summed E-state index contributed by atoms with van der Waals surface area (Å²) in [5.74, 6) is -0.210. The van der Waals surface area contributed by atoms with Crippen LogP contribution in [-0.2, 0) is 26.2 Å². The number of halogens is 2. The third-order valence-electron chi connectivity index (χ3n) is 6.39. The average molecular weight is 621 g/mol. The van der Waals surface area contributed by atoms with Crippen LogP contribution in [-0.4, -0.2) is 51.4 Å². The molecule has 0 saturated heterocycles. The van der Waals surface area contributed by atoms with Crippen LogP contribution >= 0.6 is 23.2 Å². The van der Waals surface area contributed by atoms with E-state index < -0.39 is 28.5 Å². The summed E-state index contributed by atoms with van der Waals surface area (Å²) in [6.45, 7) is 5.62. The van der Waals surface area contributed by atoms with Gasteiger partial charge in [0.15, 0.2) is 0 Å². The van der Waals surface area contributed by atoms with Gasteiger partial charge in [-0.3, -0.25) is 13.9 Å². The largest absolute Gasteiger partial charge is 0.497 e. The number of carbonyl (C=O) groups excluding carboxylic acids is 2. The molecule has 0 unspecified atom stereocenters. The van der Waals surface area contributed by atoms with E-state index in [1.807, 2.05) is 13.8 Å². The molecule has 0 fully saturated rings. The maximum Gasteiger partial charge on any atom is 0.264 e. The lowest BCUT2D eigenvalue weighted by atomic mass is 10.1. The molecule has 0 radical (unpaired) electrons. The summed E-state index contributed by atoms with van der Waals surface area (Å²) in [4.78, 5) is 28.7. The molecule has 11 heteroatoms. The highest BCUT2D eigenvalue weighted by molar-refractivity contribution is 7.92. The van der Waals surface area contributed by atoms with Gasteiger partial charge in [-0.2, -0.15) is 0 Å². The van der Waals surface area contributed by atoms with Gasteiger partial charge in [0.05, 0.1) is 17.7 Å². The molecular formula is C30H35Cl2N3O5S. The summed E-state index contributed by atoms with van der Waals surface area (Å²) in [6.07, 6.45) is 0.308. The first-order chi connectivity index (χ1) is 19.5. The number of nitrogens with one attached hydrogen (secondary N) is 1. The van der Waals surface area contributed by atoms with Crippen LogP contribution in [0.25, 0.3) is 0 Å². The third-order valence-corrected chi connectivity index (χ3v) is 8.78. The van der Waals surface area contributed by atoms with Crippen LogP contribution in [0.2, 0.25) is 10.0 Å². The molecule has 0 saturated carbocycles. The molecule has 0 aliphatic heterocycles. The van der Waals surface area contributed by atoms with Crippen molar-refractivity contribution in [2.45, 2.75) is 44.7 Å². The maximum atomic E-state index is 14.1. The Kier molecular flexibility index (Phi) is 11.5. The molecule has 2 amide bonds. The van der Waals surface area contributed by atoms with Crippen molar-refractivity contribution in [1.82, 2.24) is 10.2 Å². The fourth-order valence-electron chi connectivity index (χ4n) is 4.19. The maximum absolute atomic E-state index is 14.1. The first-order valence-electron chi connectivity index (χ1n) is 13.2. The molecule has 8 nitrogen and oxygen atoms in total. The summed E-state index contributed by atoms with van der Waals surface area (Å²) in [7, 11) is -2.75. The second kappa shape index (κ2) is 14.6. The number of nitrogens with zero attached hydrogens (tertiary/aromatic N) is 2. The Morgan fingerprint density at radius 1 is 0.976 bits per heavy atom. The Bertz CT molecular complexity index is 1450. The monoisotopic (exact) mass is 619 g/mol. The van der Waals surface area contributed by atoms with Crippen molar-refractivity contribution < 1.29 is 22.7 Å². The average Bonchev–Trinajstić information content (AvgIpc) is 2.95. The van der Waals surface area contributed by atoms with Crippen LogP contribution in [0.5, 0.6) is 5.75 Å². The van der Waals surface area contributed by atoms with Crippen LogP contribution in [0.3, 0.4) is 0 Å². The predicted octanol–water partition coefficient (Wildman–Crippen LogP) is 5.78. The summed E-state index contributed by atoms with van der Waals surface area (Å²) in [5.41, 5.74) is 0.835. The highest BCUT2D eigenvalue weighted by Crippen LogP contribution is 2.28. The van der Waals surface area contributed by atoms with Crippen molar-refractivity contribution in [2.24, 2.45) is 5.92 Å². The summed E-state index contributed by atoms with van der Waals surface area (Å²) >= 11 is 12.7. The van der Waals surface area contributed by atoms with Crippen LogP contribution in [0.15, 0.2) is 77.7 Å². The van der Waals surface area contributed by atoms with E-state index >= 15 is 0 Å². The molecule has 3 rings (SSSR count). The number of rotatable bonds is 13. The number of amides is 2. The molecular weight excluding hydrogens is 585 g/mol. The molecule has 1 atom stereocenters. The highest BCUT2D eigenvalue weighted by Gasteiger charge is 2.34. The van der Waals surface area contributed by atoms with Crippen molar-refractivity contribution in [1.29, 1.82) is 0 Å². The van der Waals surface area contributed by atoms with E-state index in [0.29, 0.717) is 34.3 Å². The molecule has 0 aromatic heterocycles. The van der Waals surface area contributed by atoms with Gasteiger partial charge in [-0.15, -0.1) is 0 Å². The zero-order chi connectivity index (χ0) is 30.2. The Labute approximate surface area is 252 Å². The van der Waals surface area contributed by atoms with Crippen molar-refractivity contribution in [3.63, 3.8) is 0 Å². The van der Waals surface area contributed by atoms with Gasteiger partial charge in [0.25, 0.3) is 10.0 Å². The van der Waals surface area contributed by atoms with Crippen molar-refractivity contribution in [2.75, 3.05) is 24.5 Å². The number of hydrogen-bond acceptors (Lipinski definition) is 5. The highest BCUT2D eigenvalue weighted by atomic mass is 35.5. The second-order valence-electron chi connectivity index (χ2n) is 9.84. The first-order valence-corrected chi connectivity index (χ1v) is 15.4. The van der Waals surface area contributed by atoms with Crippen molar-refractivity contribution >= 4 is 50.7 Å². The second-order valence-corrected chi connectivity index (χ2v) is 12.5. The van der Waals surface area contributed by atoms with Gasteiger partial charge < -0.3 is 15.0 Å². The third kappa shape index (κ3) is 8.38. The number of sulfonamides is 1. The number of hydrogen-bond donors (Lipinski definition) is 1. The summed E-state index contributed by atoms with van der Waals surface area (Å²) < 4.78 is 34.0. The molecule has 0 spiro atoms. The topological polar surface area (TPSA) is 96.0 Å². The summed E-state index contributed by atoms with van der Waals surface area (Å²) in [6, 6.07) is 18.3. The molecule has 41 heavy (non-hydrogen) atoms. The first kappa shape index (κ1) is 32.2. The standard InChI is InChI=1S/C30H35Cl2N3O5S/c1-5-28(30(37)33-18-21(2)3)34(19-22-9-6-7-12-27(22)32)29(36)20-35(24-11-8-10-23(31)17-24)41(38,39)26-15-13-25(40-4)14-16-26/h6-17,21,28H,5,18-20H2,1-4H3,(H,33,37)/t28-/m1/s1. The molecule has 220 valence electrons. The quantitative estimate of drug-likeness (QED) is 0.262. The fourth-order valence-corrected chi connectivity index (χ4v) is 5.97. The van der Waals surface area contributed by atoms with E-state index in [1.165, 1.54) is 42.3 Å². The van der Waals surface area contributed by atoms with Gasteiger partial charge in [0.2, 0.25) is 11.8 Å². The van der Waals surface area contributed by atoms with E-state index in [-0.39, 0.29) is 29.0 Å². The SMILES string of the molecule is CC[C@H](C(=O)NCC(C)C)N(Cc1ccccc1Cl)C(=O)CN(c1cccc(Cl)c1)S(=O)(=O)c1ccc(OC)cc1. The number of carbonyl (C=O) groups is 2. The minimum absolute atomic E-state index is 0.0120. The zero-order valence-electron chi connectivity index (χ0n) is 23.5. The molecule has 1 N–H and O–H groups in total. The smallest absolute Gasteiger partial charge is 0.264 e. The van der Waals surface area contributed by atoms with E-state index in [2.05, 4.69) is 5.32 Å². The van der Waals surface area contributed by atoms with Gasteiger partial charge in [-0.25, -0.2) is 8.42 Å². The fraction of sp³-hybridized carbons (Fsp3) is 0.333. The van der Waals surface area contributed by atoms with Crippen LogP contribution < -0.4 is 14.4 Å². The van der Waals surface area contributed by atoms with E-state index in [0.717, 1.165) is 4.31 Å². The predicted molar refractivity (Wildman–Crippen MR) is 163 cm³/mol. The van der Waals surface area contributed by atoms with Gasteiger partial charge in [0, 0.05) is 23.1 Å². The lowest BCUT2D eigenvalue weighted by molar-refractivity contribution is -0.140. The van der Waals surface area contributed by atoms with Crippen LogP contribution in [0, 0.1) is 5.92 Å². The molecule has 0 bridgehead atoms. The molecule has 0 aliphatic carbocycles. The van der Waals surface area contributed by atoms with E-state index in [9.17, 15) is 18.0 Å². The minimum Gasteiger partial charge on any atom is -0.497 e. The Balaban J connectivity index is 2.06. The summed E-state index contributed by atoms with van der Waals surface area (Å²) in [5, 5.41) is 3.64. The Morgan fingerprint density at radius 3 is 2.24 bits per heavy atom. The van der Waals surface area contributed by atoms with E-state index in [4.69, 9.17) is 27.9 Å². The number of methoxy groups -OCH3 is 1. The molecule has 0 heterocycles. The number of ether oxygens (including phenoxy) is 1. The van der Waals surface area contributed by atoms with Gasteiger partial charge >= 0.3 is 0 Å². The van der Waals surface area contributed by atoms with Crippen LogP contribution in [0.1, 0.15) is 32.8 Å². The number of anilines is 1. The Morgan fingerprint density at radius 2 is 1.66 bits per heavy atom. The van der Waals surface area contributed by atoms with Gasteiger partial charge in [0.1, 0.15) is 18.3 Å². The number of benzene rings is 3. The van der Waals surface area contributed by atoms with Gasteiger partial charge in [-0.05, 0) is 66.4 Å². The Hall–Kier alpha value is -3.27.